The van der Waals surface area contributed by atoms with Crippen LogP contribution < -0.4 is 10.1 Å². The van der Waals surface area contributed by atoms with E-state index in [0.29, 0.717) is 32.1 Å². The van der Waals surface area contributed by atoms with Crippen LogP contribution in [0, 0.1) is 6.92 Å². The Bertz CT molecular complexity index is 773. The SMILES string of the molecule is COc1c(Cl)cc(Cl)cc1/C=C/C(=O)Nc1cccc(Cl)c1C. The lowest BCUT2D eigenvalue weighted by Gasteiger charge is -2.09. The molecular formula is C17H14Cl3NO2. The number of rotatable bonds is 4. The van der Waals surface area contributed by atoms with Gasteiger partial charge >= 0.3 is 0 Å². The van der Waals surface area contributed by atoms with Crippen LogP contribution >= 0.6 is 34.8 Å². The minimum Gasteiger partial charge on any atom is -0.495 e. The van der Waals surface area contributed by atoms with E-state index in [0.717, 1.165) is 5.56 Å². The average molecular weight is 371 g/mol. The van der Waals surface area contributed by atoms with Crippen molar-refractivity contribution in [3.8, 4) is 5.75 Å². The topological polar surface area (TPSA) is 38.3 Å². The van der Waals surface area contributed by atoms with Crippen molar-refractivity contribution in [1.29, 1.82) is 0 Å². The minimum absolute atomic E-state index is 0.298. The van der Waals surface area contributed by atoms with Gasteiger partial charge in [0.05, 0.1) is 12.1 Å². The van der Waals surface area contributed by atoms with E-state index in [4.69, 9.17) is 39.5 Å². The fourth-order valence-corrected chi connectivity index (χ4v) is 2.76. The highest BCUT2D eigenvalue weighted by molar-refractivity contribution is 6.36. The summed E-state index contributed by atoms with van der Waals surface area (Å²) in [5, 5.41) is 4.20. The number of carbonyl (C=O) groups is 1. The molecule has 6 heteroatoms. The smallest absolute Gasteiger partial charge is 0.248 e. The van der Waals surface area contributed by atoms with E-state index in [2.05, 4.69) is 5.32 Å². The lowest BCUT2D eigenvalue weighted by Crippen LogP contribution is -2.09. The lowest BCUT2D eigenvalue weighted by molar-refractivity contribution is -0.111. The normalized spacial score (nSPS) is 10.8. The summed E-state index contributed by atoms with van der Waals surface area (Å²) in [6.45, 7) is 1.83. The number of nitrogens with one attached hydrogen (secondary N) is 1. The highest BCUT2D eigenvalue weighted by Gasteiger charge is 2.09. The first-order valence-corrected chi connectivity index (χ1v) is 7.83. The molecule has 1 amide bonds. The van der Waals surface area contributed by atoms with Crippen molar-refractivity contribution in [3.63, 3.8) is 0 Å². The fourth-order valence-electron chi connectivity index (χ4n) is 2.00. The van der Waals surface area contributed by atoms with Gasteiger partial charge in [-0.15, -0.1) is 0 Å². The van der Waals surface area contributed by atoms with Gasteiger partial charge in [0.15, 0.2) is 0 Å². The van der Waals surface area contributed by atoms with Crippen LogP contribution in [-0.2, 0) is 4.79 Å². The van der Waals surface area contributed by atoms with E-state index in [1.165, 1.54) is 13.2 Å². The van der Waals surface area contributed by atoms with Crippen LogP contribution in [0.15, 0.2) is 36.4 Å². The molecule has 23 heavy (non-hydrogen) atoms. The van der Waals surface area contributed by atoms with Gasteiger partial charge in [-0.3, -0.25) is 4.79 Å². The average Bonchev–Trinajstić information content (AvgIpc) is 2.49. The van der Waals surface area contributed by atoms with E-state index in [9.17, 15) is 4.79 Å². The molecule has 0 radical (unpaired) electrons. The highest BCUT2D eigenvalue weighted by Crippen LogP contribution is 2.33. The summed E-state index contributed by atoms with van der Waals surface area (Å²) in [5.74, 6) is 0.160. The Hall–Kier alpha value is -1.68. The molecule has 0 saturated carbocycles. The van der Waals surface area contributed by atoms with Gasteiger partial charge < -0.3 is 10.1 Å². The first kappa shape index (κ1) is 17.7. The molecule has 120 valence electrons. The van der Waals surface area contributed by atoms with Gasteiger partial charge in [0.25, 0.3) is 0 Å². The molecule has 0 bridgehead atoms. The van der Waals surface area contributed by atoms with E-state index in [-0.39, 0.29) is 5.91 Å². The van der Waals surface area contributed by atoms with Gasteiger partial charge in [-0.25, -0.2) is 0 Å². The van der Waals surface area contributed by atoms with Crippen molar-refractivity contribution in [2.45, 2.75) is 6.92 Å². The third-order valence-electron chi connectivity index (χ3n) is 3.18. The number of halogens is 3. The maximum absolute atomic E-state index is 12.1. The van der Waals surface area contributed by atoms with Crippen molar-refractivity contribution >= 4 is 52.5 Å². The van der Waals surface area contributed by atoms with E-state index in [1.807, 2.05) is 6.92 Å². The quantitative estimate of drug-likeness (QED) is 0.710. The molecule has 2 aromatic rings. The van der Waals surface area contributed by atoms with Crippen LogP contribution in [0.3, 0.4) is 0 Å². The number of hydrogen-bond donors (Lipinski definition) is 1. The zero-order chi connectivity index (χ0) is 17.0. The number of anilines is 1. The van der Waals surface area contributed by atoms with Gasteiger partial charge in [0.2, 0.25) is 5.91 Å². The van der Waals surface area contributed by atoms with Crippen LogP contribution in [0.4, 0.5) is 5.69 Å². The van der Waals surface area contributed by atoms with E-state index < -0.39 is 0 Å². The van der Waals surface area contributed by atoms with Crippen LogP contribution in [0.1, 0.15) is 11.1 Å². The second-order valence-corrected chi connectivity index (χ2v) is 6.00. The Morgan fingerprint density at radius 2 is 1.91 bits per heavy atom. The van der Waals surface area contributed by atoms with Crippen molar-refractivity contribution in [2.24, 2.45) is 0 Å². The molecule has 0 aliphatic heterocycles. The van der Waals surface area contributed by atoms with Crippen molar-refractivity contribution < 1.29 is 9.53 Å². The van der Waals surface area contributed by atoms with Crippen LogP contribution in [-0.4, -0.2) is 13.0 Å². The van der Waals surface area contributed by atoms with Gasteiger partial charge in [-0.2, -0.15) is 0 Å². The third-order valence-corrected chi connectivity index (χ3v) is 4.09. The predicted octanol–water partition coefficient (Wildman–Crippen LogP) is 5.62. The molecule has 0 heterocycles. The Morgan fingerprint density at radius 1 is 1.17 bits per heavy atom. The maximum Gasteiger partial charge on any atom is 0.248 e. The fraction of sp³-hybridized carbons (Fsp3) is 0.118. The Morgan fingerprint density at radius 3 is 2.61 bits per heavy atom. The third kappa shape index (κ3) is 4.41. The molecule has 2 aromatic carbocycles. The molecule has 0 fully saturated rings. The zero-order valence-corrected chi connectivity index (χ0v) is 14.8. The number of hydrogen-bond acceptors (Lipinski definition) is 2. The molecule has 0 unspecified atom stereocenters. The molecule has 0 aromatic heterocycles. The molecule has 3 nitrogen and oxygen atoms in total. The molecule has 0 atom stereocenters. The Kier molecular flexibility index (Phi) is 5.94. The summed E-state index contributed by atoms with van der Waals surface area (Å²) < 4.78 is 5.23. The van der Waals surface area contributed by atoms with Gasteiger partial charge in [0.1, 0.15) is 5.75 Å². The molecular weight excluding hydrogens is 357 g/mol. The van der Waals surface area contributed by atoms with Crippen LogP contribution in [0.25, 0.3) is 6.08 Å². The summed E-state index contributed by atoms with van der Waals surface area (Å²) in [7, 11) is 1.50. The predicted molar refractivity (Wildman–Crippen MR) is 96.9 cm³/mol. The first-order chi connectivity index (χ1) is 10.9. The molecule has 0 aliphatic carbocycles. The monoisotopic (exact) mass is 369 g/mol. The molecule has 1 N–H and O–H groups in total. The summed E-state index contributed by atoms with van der Waals surface area (Å²) in [6.07, 6.45) is 2.97. The Labute approximate surface area is 149 Å². The minimum atomic E-state index is -0.298. The second-order valence-electron chi connectivity index (χ2n) is 4.75. The number of amides is 1. The molecule has 0 saturated heterocycles. The summed E-state index contributed by atoms with van der Waals surface area (Å²) >= 11 is 18.1. The number of benzene rings is 2. The van der Waals surface area contributed by atoms with E-state index >= 15 is 0 Å². The molecule has 2 rings (SSSR count). The van der Waals surface area contributed by atoms with Crippen molar-refractivity contribution in [1.82, 2.24) is 0 Å². The number of methoxy groups -OCH3 is 1. The van der Waals surface area contributed by atoms with Gasteiger partial charge in [0, 0.05) is 27.4 Å². The van der Waals surface area contributed by atoms with Crippen LogP contribution in [0.5, 0.6) is 5.75 Å². The van der Waals surface area contributed by atoms with Crippen molar-refractivity contribution in [3.05, 3.63) is 62.6 Å². The largest absolute Gasteiger partial charge is 0.495 e. The Balaban J connectivity index is 2.20. The zero-order valence-electron chi connectivity index (χ0n) is 12.5. The molecule has 0 aliphatic rings. The summed E-state index contributed by atoms with van der Waals surface area (Å²) in [4.78, 5) is 12.1. The molecule has 0 spiro atoms. The maximum atomic E-state index is 12.1. The van der Waals surface area contributed by atoms with Gasteiger partial charge in [-0.1, -0.05) is 40.9 Å². The second kappa shape index (κ2) is 7.73. The van der Waals surface area contributed by atoms with Gasteiger partial charge in [-0.05, 0) is 42.8 Å². The summed E-state index contributed by atoms with van der Waals surface area (Å²) in [6, 6.07) is 8.56. The van der Waals surface area contributed by atoms with Crippen LogP contribution in [0.2, 0.25) is 15.1 Å². The lowest BCUT2D eigenvalue weighted by atomic mass is 10.1. The highest BCUT2D eigenvalue weighted by atomic mass is 35.5. The first-order valence-electron chi connectivity index (χ1n) is 6.69. The van der Waals surface area contributed by atoms with E-state index in [1.54, 1.807) is 36.4 Å². The number of carbonyl (C=O) groups excluding carboxylic acids is 1. The summed E-state index contributed by atoms with van der Waals surface area (Å²) in [5.41, 5.74) is 2.07. The number of ether oxygens (including phenoxy) is 1. The standard InChI is InChI=1S/C17H14Cl3NO2/c1-10-13(19)4-3-5-15(10)21-16(22)7-6-11-8-12(18)9-14(20)17(11)23-2/h3-9H,1-2H3,(H,21,22)/b7-6+. The van der Waals surface area contributed by atoms with Crippen molar-refractivity contribution in [2.75, 3.05) is 12.4 Å².